The van der Waals surface area contributed by atoms with Gasteiger partial charge in [0.05, 0.1) is 42.3 Å². The summed E-state index contributed by atoms with van der Waals surface area (Å²) in [5, 5.41) is 15.6. The van der Waals surface area contributed by atoms with Crippen molar-refractivity contribution in [1.29, 1.82) is 0 Å². The van der Waals surface area contributed by atoms with E-state index < -0.39 is 0 Å². The van der Waals surface area contributed by atoms with E-state index in [0.29, 0.717) is 35.5 Å². The number of carbonyl (C=O) groups is 1. The average Bonchev–Trinajstić information content (AvgIpc) is 3.64. The topological polar surface area (TPSA) is 122 Å². The number of ether oxygens (including phenoxy) is 2. The van der Waals surface area contributed by atoms with Gasteiger partial charge in [0.15, 0.2) is 11.6 Å². The van der Waals surface area contributed by atoms with Gasteiger partial charge in [-0.2, -0.15) is 4.98 Å². The van der Waals surface area contributed by atoms with E-state index in [1.807, 2.05) is 63.6 Å². The van der Waals surface area contributed by atoms with Crippen LogP contribution in [0.15, 0.2) is 61.3 Å². The average molecular weight is 572 g/mol. The molecule has 0 saturated carbocycles. The van der Waals surface area contributed by atoms with Crippen molar-refractivity contribution in [1.82, 2.24) is 24.6 Å². The number of hydrogen-bond donors (Lipinski definition) is 3. The van der Waals surface area contributed by atoms with Crippen molar-refractivity contribution in [2.24, 2.45) is 0 Å². The van der Waals surface area contributed by atoms with Crippen LogP contribution in [-0.2, 0) is 9.53 Å². The van der Waals surface area contributed by atoms with Crippen molar-refractivity contribution in [3.63, 3.8) is 0 Å². The molecular formula is C30H37N9O3. The molecule has 1 unspecified atom stereocenters. The highest BCUT2D eigenvalue weighted by atomic mass is 16.5. The normalized spacial score (nSPS) is 14.6. The Labute approximate surface area is 245 Å². The molecule has 4 aromatic rings. The van der Waals surface area contributed by atoms with Crippen LogP contribution < -0.4 is 25.6 Å². The third kappa shape index (κ3) is 6.45. The summed E-state index contributed by atoms with van der Waals surface area (Å²) in [6, 6.07) is 13.7. The van der Waals surface area contributed by atoms with E-state index in [9.17, 15) is 4.79 Å². The van der Waals surface area contributed by atoms with Crippen molar-refractivity contribution in [3.05, 3.63) is 61.3 Å². The molecule has 3 heterocycles. The van der Waals surface area contributed by atoms with E-state index in [2.05, 4.69) is 37.3 Å². The lowest BCUT2D eigenvalue weighted by molar-refractivity contribution is -0.111. The van der Waals surface area contributed by atoms with Crippen LogP contribution in [0, 0.1) is 0 Å². The molecule has 1 aliphatic rings. The van der Waals surface area contributed by atoms with Crippen LogP contribution in [0.1, 0.15) is 6.42 Å². The lowest BCUT2D eigenvalue weighted by Gasteiger charge is -2.26. The Morgan fingerprint density at radius 2 is 2.02 bits per heavy atom. The summed E-state index contributed by atoms with van der Waals surface area (Å²) in [7, 11) is 7.61. The number of anilines is 5. The maximum absolute atomic E-state index is 12.3. The van der Waals surface area contributed by atoms with E-state index in [1.54, 1.807) is 18.0 Å². The molecule has 0 spiro atoms. The summed E-state index contributed by atoms with van der Waals surface area (Å²) in [5.74, 6) is 1.98. The molecule has 1 fully saturated rings. The monoisotopic (exact) mass is 571 g/mol. The zero-order chi connectivity index (χ0) is 29.6. The molecule has 1 amide bonds. The highest BCUT2D eigenvalue weighted by molar-refractivity contribution is 6.02. The zero-order valence-corrected chi connectivity index (χ0v) is 24.4. The SMILES string of the molecule is C=CC(=O)Nc1cc(Nc2nccc(-n3nc(NC4CCOC4)c4ccccc43)n2)c(OC)cc1N(C)CCN(C)C. The first-order valence-corrected chi connectivity index (χ1v) is 13.8. The van der Waals surface area contributed by atoms with Gasteiger partial charge >= 0.3 is 0 Å². The Hall–Kier alpha value is -4.68. The maximum Gasteiger partial charge on any atom is 0.247 e. The molecule has 1 saturated heterocycles. The molecule has 5 rings (SSSR count). The molecule has 2 aromatic heterocycles. The molecule has 1 atom stereocenters. The van der Waals surface area contributed by atoms with Gasteiger partial charge in [-0.3, -0.25) is 4.79 Å². The summed E-state index contributed by atoms with van der Waals surface area (Å²) >= 11 is 0. The summed E-state index contributed by atoms with van der Waals surface area (Å²) in [5.41, 5.74) is 2.92. The Balaban J connectivity index is 1.47. The second-order valence-electron chi connectivity index (χ2n) is 10.3. The number of aromatic nitrogens is 4. The summed E-state index contributed by atoms with van der Waals surface area (Å²) in [4.78, 5) is 25.7. The Bertz CT molecular complexity index is 1560. The van der Waals surface area contributed by atoms with Crippen molar-refractivity contribution in [3.8, 4) is 11.6 Å². The smallest absolute Gasteiger partial charge is 0.247 e. The van der Waals surface area contributed by atoms with Crippen LogP contribution in [0.4, 0.5) is 28.8 Å². The molecule has 1 aliphatic heterocycles. The standard InChI is InChI=1S/C30H37N9O3/c1-6-28(40)33-22-17-23(26(41-5)18-25(22)38(4)15-14-37(2)3)34-30-31-13-11-27(35-30)39-24-10-8-7-9-21(24)29(36-39)32-20-12-16-42-19-20/h6-11,13,17-18,20H,1,12,14-16,19H2,2-5H3,(H,32,36)(H,33,40)(H,31,34,35). The second kappa shape index (κ2) is 12.9. The number of amides is 1. The Morgan fingerprint density at radius 1 is 1.19 bits per heavy atom. The number of likely N-dealkylation sites (N-methyl/N-ethyl adjacent to an activating group) is 2. The summed E-state index contributed by atoms with van der Waals surface area (Å²) < 4.78 is 13.1. The maximum atomic E-state index is 12.3. The fraction of sp³-hybridized carbons (Fsp3) is 0.333. The van der Waals surface area contributed by atoms with Crippen LogP contribution in [0.2, 0.25) is 0 Å². The molecule has 2 aromatic carbocycles. The first-order chi connectivity index (χ1) is 20.4. The van der Waals surface area contributed by atoms with Gasteiger partial charge in [0.1, 0.15) is 5.75 Å². The van der Waals surface area contributed by atoms with Crippen molar-refractivity contribution >= 4 is 45.6 Å². The molecule has 0 bridgehead atoms. The number of fused-ring (bicyclic) bond motifs is 1. The molecule has 220 valence electrons. The predicted molar refractivity (Wildman–Crippen MR) is 166 cm³/mol. The van der Waals surface area contributed by atoms with E-state index in [1.165, 1.54) is 6.08 Å². The fourth-order valence-corrected chi connectivity index (χ4v) is 4.74. The minimum absolute atomic E-state index is 0.215. The minimum Gasteiger partial charge on any atom is -0.494 e. The third-order valence-corrected chi connectivity index (χ3v) is 7.02. The van der Waals surface area contributed by atoms with Crippen LogP contribution in [0.25, 0.3) is 16.7 Å². The van der Waals surface area contributed by atoms with E-state index in [4.69, 9.17) is 19.6 Å². The largest absolute Gasteiger partial charge is 0.494 e. The van der Waals surface area contributed by atoms with Crippen LogP contribution >= 0.6 is 0 Å². The molecule has 3 N–H and O–H groups in total. The van der Waals surface area contributed by atoms with Gasteiger partial charge in [-0.1, -0.05) is 18.7 Å². The number of hydrogen-bond acceptors (Lipinski definition) is 10. The van der Waals surface area contributed by atoms with Crippen molar-refractivity contribution in [2.75, 3.05) is 75.4 Å². The highest BCUT2D eigenvalue weighted by Crippen LogP contribution is 2.38. The number of carbonyl (C=O) groups excluding carboxylic acids is 1. The number of methoxy groups -OCH3 is 1. The Kier molecular flexibility index (Phi) is 8.84. The van der Waals surface area contributed by atoms with E-state index in [-0.39, 0.29) is 11.9 Å². The van der Waals surface area contributed by atoms with Crippen molar-refractivity contribution in [2.45, 2.75) is 12.5 Å². The zero-order valence-electron chi connectivity index (χ0n) is 24.4. The van der Waals surface area contributed by atoms with Crippen molar-refractivity contribution < 1.29 is 14.3 Å². The summed E-state index contributed by atoms with van der Waals surface area (Å²) in [6.07, 6.45) is 3.85. The lowest BCUT2D eigenvalue weighted by Crippen LogP contribution is -2.29. The van der Waals surface area contributed by atoms with Gasteiger partial charge in [0.2, 0.25) is 11.9 Å². The fourth-order valence-electron chi connectivity index (χ4n) is 4.74. The molecule has 42 heavy (non-hydrogen) atoms. The first-order valence-electron chi connectivity index (χ1n) is 13.8. The van der Waals surface area contributed by atoms with Crippen LogP contribution in [-0.4, -0.2) is 91.2 Å². The van der Waals surface area contributed by atoms with Gasteiger partial charge in [0.25, 0.3) is 0 Å². The van der Waals surface area contributed by atoms with E-state index in [0.717, 1.165) is 48.5 Å². The molecule has 12 heteroatoms. The second-order valence-corrected chi connectivity index (χ2v) is 10.3. The third-order valence-electron chi connectivity index (χ3n) is 7.02. The number of nitrogens with zero attached hydrogens (tertiary/aromatic N) is 6. The minimum atomic E-state index is -0.314. The van der Waals surface area contributed by atoms with Gasteiger partial charge in [0, 0.05) is 50.5 Å². The number of rotatable bonds is 12. The van der Waals surface area contributed by atoms with Gasteiger partial charge in [-0.15, -0.1) is 5.10 Å². The number of benzene rings is 2. The predicted octanol–water partition coefficient (Wildman–Crippen LogP) is 3.89. The van der Waals surface area contributed by atoms with Crippen LogP contribution in [0.5, 0.6) is 5.75 Å². The van der Waals surface area contributed by atoms with Gasteiger partial charge in [-0.05, 0) is 44.8 Å². The van der Waals surface area contributed by atoms with Gasteiger partial charge in [-0.25, -0.2) is 9.67 Å². The highest BCUT2D eigenvalue weighted by Gasteiger charge is 2.20. The first kappa shape index (κ1) is 28.8. The molecule has 0 radical (unpaired) electrons. The molecule has 0 aliphatic carbocycles. The molecular weight excluding hydrogens is 534 g/mol. The lowest BCUT2D eigenvalue weighted by atomic mass is 10.2. The van der Waals surface area contributed by atoms with Gasteiger partial charge < -0.3 is 35.2 Å². The number of para-hydroxylation sites is 1. The molecule has 12 nitrogen and oxygen atoms in total. The van der Waals surface area contributed by atoms with E-state index >= 15 is 0 Å². The Morgan fingerprint density at radius 3 is 2.76 bits per heavy atom. The quantitative estimate of drug-likeness (QED) is 0.216. The summed E-state index contributed by atoms with van der Waals surface area (Å²) in [6.45, 7) is 6.57. The number of nitrogens with one attached hydrogen (secondary N) is 3. The van der Waals surface area contributed by atoms with Crippen LogP contribution in [0.3, 0.4) is 0 Å².